The minimum absolute atomic E-state index is 0.0158. The lowest BCUT2D eigenvalue weighted by molar-refractivity contribution is 0.0734. The Balaban J connectivity index is 1.66. The van der Waals surface area contributed by atoms with E-state index in [1.165, 1.54) is 12.1 Å². The molecule has 144 valence electrons. The summed E-state index contributed by atoms with van der Waals surface area (Å²) in [5, 5.41) is 0. The fourth-order valence-electron chi connectivity index (χ4n) is 2.15. The average Bonchev–Trinajstić information content (AvgIpc) is 2.70. The summed E-state index contributed by atoms with van der Waals surface area (Å²) in [7, 11) is -4.71. The molecule has 3 rings (SSSR count). The van der Waals surface area contributed by atoms with Crippen molar-refractivity contribution in [3.05, 3.63) is 78.5 Å². The van der Waals surface area contributed by atoms with Gasteiger partial charge in [0.1, 0.15) is 11.5 Å². The van der Waals surface area contributed by atoms with E-state index < -0.39 is 26.5 Å². The van der Waals surface area contributed by atoms with E-state index in [-0.39, 0.29) is 11.3 Å². The van der Waals surface area contributed by atoms with Crippen LogP contribution in [0, 0.1) is 0 Å². The fourth-order valence-corrected chi connectivity index (χ4v) is 2.87. The van der Waals surface area contributed by atoms with Gasteiger partial charge in [0.15, 0.2) is 0 Å². The molecule has 0 aliphatic heterocycles. The molecule has 28 heavy (non-hydrogen) atoms. The predicted molar refractivity (Wildman–Crippen MR) is 95.3 cm³/mol. The van der Waals surface area contributed by atoms with Crippen molar-refractivity contribution in [2.24, 2.45) is 0 Å². The van der Waals surface area contributed by atoms with E-state index in [2.05, 4.69) is 4.98 Å². The van der Waals surface area contributed by atoms with E-state index in [1.807, 2.05) is 0 Å². The zero-order chi connectivity index (χ0) is 20.1. The van der Waals surface area contributed by atoms with Crippen LogP contribution in [0.3, 0.4) is 0 Å². The third-order valence-electron chi connectivity index (χ3n) is 3.55. The molecule has 1 heterocycles. The van der Waals surface area contributed by atoms with Crippen molar-refractivity contribution in [1.82, 2.24) is 4.98 Å². The van der Waals surface area contributed by atoms with E-state index in [9.17, 15) is 22.0 Å². The van der Waals surface area contributed by atoms with Gasteiger partial charge in [-0.15, -0.1) is 0 Å². The number of alkyl halides is 2. The standard InChI is InChI=1S/C19H13F2NO5S/c20-19(21)28(24,25)16-10-4-13(5-11-16)18(23)27-15-8-6-14(7-9-15)26-17-3-1-2-12-22-17/h1-12,19H. The fraction of sp³-hybridized carbons (Fsp3) is 0.0526. The number of hydrogen-bond acceptors (Lipinski definition) is 6. The Kier molecular flexibility index (Phi) is 5.65. The van der Waals surface area contributed by atoms with Crippen LogP contribution in [-0.2, 0) is 9.84 Å². The molecule has 2 aromatic carbocycles. The summed E-state index contributed by atoms with van der Waals surface area (Å²) in [6.45, 7) is 0. The summed E-state index contributed by atoms with van der Waals surface area (Å²) in [4.78, 5) is 15.6. The zero-order valence-corrected chi connectivity index (χ0v) is 15.0. The molecule has 0 saturated heterocycles. The van der Waals surface area contributed by atoms with Crippen molar-refractivity contribution in [3.8, 4) is 17.4 Å². The second-order valence-electron chi connectivity index (χ2n) is 5.46. The number of aromatic nitrogens is 1. The Bertz CT molecular complexity index is 1050. The molecule has 0 spiro atoms. The molecule has 0 saturated carbocycles. The topological polar surface area (TPSA) is 82.6 Å². The van der Waals surface area contributed by atoms with Crippen LogP contribution in [0.15, 0.2) is 77.8 Å². The molecule has 0 amide bonds. The molecule has 0 fully saturated rings. The quantitative estimate of drug-likeness (QED) is 0.454. The molecule has 0 bridgehead atoms. The first kappa shape index (κ1) is 19.4. The van der Waals surface area contributed by atoms with Crippen LogP contribution >= 0.6 is 0 Å². The van der Waals surface area contributed by atoms with E-state index in [4.69, 9.17) is 9.47 Å². The van der Waals surface area contributed by atoms with Crippen molar-refractivity contribution in [2.45, 2.75) is 10.7 Å². The largest absolute Gasteiger partial charge is 0.439 e. The van der Waals surface area contributed by atoms with Crippen LogP contribution in [0.1, 0.15) is 10.4 Å². The lowest BCUT2D eigenvalue weighted by Crippen LogP contribution is -2.12. The molecule has 0 aliphatic rings. The molecule has 0 unspecified atom stereocenters. The zero-order valence-electron chi connectivity index (χ0n) is 14.2. The first-order valence-electron chi connectivity index (χ1n) is 7.89. The molecule has 9 heteroatoms. The Morgan fingerprint density at radius 1 is 0.893 bits per heavy atom. The van der Waals surface area contributed by atoms with E-state index in [0.717, 1.165) is 24.3 Å². The van der Waals surface area contributed by atoms with Crippen LogP contribution in [0.25, 0.3) is 0 Å². The summed E-state index contributed by atoms with van der Waals surface area (Å²) >= 11 is 0. The highest BCUT2D eigenvalue weighted by molar-refractivity contribution is 7.91. The highest BCUT2D eigenvalue weighted by Crippen LogP contribution is 2.23. The number of esters is 1. The Hall–Kier alpha value is -3.33. The maximum atomic E-state index is 12.5. The van der Waals surface area contributed by atoms with Crippen molar-refractivity contribution in [2.75, 3.05) is 0 Å². The Morgan fingerprint density at radius 3 is 2.11 bits per heavy atom. The number of pyridine rings is 1. The van der Waals surface area contributed by atoms with Gasteiger partial charge >= 0.3 is 11.7 Å². The van der Waals surface area contributed by atoms with Crippen LogP contribution in [-0.4, -0.2) is 25.1 Å². The number of benzene rings is 2. The van der Waals surface area contributed by atoms with Gasteiger partial charge in [-0.3, -0.25) is 0 Å². The lowest BCUT2D eigenvalue weighted by Gasteiger charge is -2.07. The number of nitrogens with zero attached hydrogens (tertiary/aromatic N) is 1. The molecule has 0 radical (unpaired) electrons. The van der Waals surface area contributed by atoms with E-state index in [1.54, 1.807) is 36.5 Å². The van der Waals surface area contributed by atoms with Crippen molar-refractivity contribution >= 4 is 15.8 Å². The second kappa shape index (κ2) is 8.13. The monoisotopic (exact) mass is 405 g/mol. The van der Waals surface area contributed by atoms with Gasteiger partial charge in [-0.05, 0) is 54.6 Å². The molecule has 6 nitrogen and oxygen atoms in total. The minimum Gasteiger partial charge on any atom is -0.439 e. The third kappa shape index (κ3) is 4.49. The van der Waals surface area contributed by atoms with Crippen LogP contribution in [0.5, 0.6) is 17.4 Å². The first-order chi connectivity index (χ1) is 13.4. The highest BCUT2D eigenvalue weighted by Gasteiger charge is 2.26. The van der Waals surface area contributed by atoms with Crippen LogP contribution in [0.2, 0.25) is 0 Å². The maximum Gasteiger partial charge on any atom is 0.343 e. The molecular formula is C19H13F2NO5S. The highest BCUT2D eigenvalue weighted by atomic mass is 32.2. The molecule has 0 atom stereocenters. The third-order valence-corrected chi connectivity index (χ3v) is 4.95. The molecule has 0 N–H and O–H groups in total. The van der Waals surface area contributed by atoms with Gasteiger partial charge in [-0.25, -0.2) is 18.2 Å². The maximum absolute atomic E-state index is 12.5. The van der Waals surface area contributed by atoms with Gasteiger partial charge in [0.05, 0.1) is 10.5 Å². The predicted octanol–water partition coefficient (Wildman–Crippen LogP) is 4.09. The van der Waals surface area contributed by atoms with E-state index in [0.29, 0.717) is 11.6 Å². The summed E-state index contributed by atoms with van der Waals surface area (Å²) in [5.74, 6) is -3.18. The minimum atomic E-state index is -4.71. The summed E-state index contributed by atoms with van der Waals surface area (Å²) in [6, 6.07) is 15.5. The lowest BCUT2D eigenvalue weighted by atomic mass is 10.2. The van der Waals surface area contributed by atoms with Crippen molar-refractivity contribution in [3.63, 3.8) is 0 Å². The number of sulfone groups is 1. The number of carbonyl (C=O) groups excluding carboxylic acids is 1. The Morgan fingerprint density at radius 2 is 1.54 bits per heavy atom. The van der Waals surface area contributed by atoms with Gasteiger partial charge in [0.2, 0.25) is 15.7 Å². The normalized spacial score (nSPS) is 11.2. The number of carbonyl (C=O) groups is 1. The molecule has 0 aliphatic carbocycles. The van der Waals surface area contributed by atoms with E-state index >= 15 is 0 Å². The van der Waals surface area contributed by atoms with Gasteiger partial charge in [0, 0.05) is 12.3 Å². The SMILES string of the molecule is O=C(Oc1ccc(Oc2ccccn2)cc1)c1ccc(S(=O)(=O)C(F)F)cc1. The average molecular weight is 405 g/mol. The number of ether oxygens (including phenoxy) is 2. The molecular weight excluding hydrogens is 392 g/mol. The number of rotatable bonds is 6. The van der Waals surface area contributed by atoms with Crippen LogP contribution < -0.4 is 9.47 Å². The number of hydrogen-bond donors (Lipinski definition) is 0. The number of halogens is 2. The Labute approximate surface area is 159 Å². The van der Waals surface area contributed by atoms with Gasteiger partial charge < -0.3 is 9.47 Å². The summed E-state index contributed by atoms with van der Waals surface area (Å²) in [5.41, 5.74) is 0.0158. The van der Waals surface area contributed by atoms with Gasteiger partial charge in [0.25, 0.3) is 0 Å². The first-order valence-corrected chi connectivity index (χ1v) is 9.44. The molecule has 3 aromatic rings. The summed E-state index contributed by atoms with van der Waals surface area (Å²) < 4.78 is 58.5. The molecule has 1 aromatic heterocycles. The smallest absolute Gasteiger partial charge is 0.343 e. The van der Waals surface area contributed by atoms with Crippen molar-refractivity contribution < 1.29 is 31.5 Å². The van der Waals surface area contributed by atoms with Crippen molar-refractivity contribution in [1.29, 1.82) is 0 Å². The van der Waals surface area contributed by atoms with Crippen LogP contribution in [0.4, 0.5) is 8.78 Å². The summed E-state index contributed by atoms with van der Waals surface area (Å²) in [6.07, 6.45) is 1.59. The second-order valence-corrected chi connectivity index (χ2v) is 7.38. The van der Waals surface area contributed by atoms with Gasteiger partial charge in [-0.2, -0.15) is 8.78 Å². The van der Waals surface area contributed by atoms with Gasteiger partial charge in [-0.1, -0.05) is 6.07 Å².